The van der Waals surface area contributed by atoms with Crippen molar-refractivity contribution < 1.29 is 4.79 Å². The lowest BCUT2D eigenvalue weighted by Gasteiger charge is -1.84. The summed E-state index contributed by atoms with van der Waals surface area (Å²) in [6.45, 7) is 3.60. The first-order valence-corrected chi connectivity index (χ1v) is 3.61. The number of hydrogen-bond acceptors (Lipinski definition) is 1. The highest BCUT2D eigenvalue weighted by Gasteiger charge is 1.77. The number of carbonyl (C=O) groups excluding carboxylic acids is 1. The Morgan fingerprint density at radius 1 is 1.00 bits per heavy atom. The van der Waals surface area contributed by atoms with Crippen molar-refractivity contribution in [2.24, 2.45) is 0 Å². The van der Waals surface area contributed by atoms with Crippen molar-refractivity contribution in [2.75, 3.05) is 0 Å². The van der Waals surface area contributed by atoms with Gasteiger partial charge in [-0.2, -0.15) is 0 Å². The molecule has 0 saturated carbocycles. The summed E-state index contributed by atoms with van der Waals surface area (Å²) in [6, 6.07) is 0. The quantitative estimate of drug-likeness (QED) is 0.313. The molecular formula is C9H14O. The second-order valence-corrected chi connectivity index (χ2v) is 2.08. The minimum atomic E-state index is 0.643. The Labute approximate surface area is 62.4 Å². The van der Waals surface area contributed by atoms with Gasteiger partial charge in [0.25, 0.3) is 0 Å². The normalized spacial score (nSPS) is 10.0. The monoisotopic (exact) mass is 138 g/mol. The van der Waals surface area contributed by atoms with Gasteiger partial charge in [0.15, 0.2) is 0 Å². The lowest BCUT2D eigenvalue weighted by molar-refractivity contribution is -0.107. The van der Waals surface area contributed by atoms with Crippen molar-refractivity contribution in [1.82, 2.24) is 0 Å². The second kappa shape index (κ2) is 8.15. The standard InChI is InChI=1S/C9H14O/c1-2-3-4-5-6-7-8-9-10/h2,5-6,9H,1,3-4,7-8H2/b6-5-. The molecule has 0 saturated heterocycles. The molecule has 0 unspecified atom stereocenters. The Bertz CT molecular complexity index is 99.9. The van der Waals surface area contributed by atoms with E-state index in [-0.39, 0.29) is 0 Å². The molecular weight excluding hydrogens is 124 g/mol. The first kappa shape index (κ1) is 9.15. The third-order valence-corrected chi connectivity index (χ3v) is 1.16. The van der Waals surface area contributed by atoms with Crippen molar-refractivity contribution in [3.8, 4) is 0 Å². The van der Waals surface area contributed by atoms with Crippen LogP contribution in [0.25, 0.3) is 0 Å². The third kappa shape index (κ3) is 7.15. The number of aldehydes is 1. The fraction of sp³-hybridized carbons (Fsp3) is 0.444. The van der Waals surface area contributed by atoms with Crippen LogP contribution in [0.4, 0.5) is 0 Å². The fourth-order valence-corrected chi connectivity index (χ4v) is 0.614. The van der Waals surface area contributed by atoms with Gasteiger partial charge in [-0.3, -0.25) is 0 Å². The lowest BCUT2D eigenvalue weighted by atomic mass is 10.2. The largest absolute Gasteiger partial charge is 0.303 e. The summed E-state index contributed by atoms with van der Waals surface area (Å²) in [5.74, 6) is 0. The summed E-state index contributed by atoms with van der Waals surface area (Å²) in [7, 11) is 0. The average Bonchev–Trinajstić information content (AvgIpc) is 1.97. The third-order valence-electron chi connectivity index (χ3n) is 1.16. The number of hydrogen-bond donors (Lipinski definition) is 0. The van der Waals surface area contributed by atoms with Gasteiger partial charge in [-0.1, -0.05) is 18.2 Å². The molecule has 0 radical (unpaired) electrons. The molecule has 0 rings (SSSR count). The van der Waals surface area contributed by atoms with E-state index in [0.29, 0.717) is 6.42 Å². The van der Waals surface area contributed by atoms with Crippen LogP contribution in [-0.2, 0) is 4.79 Å². The first-order chi connectivity index (χ1) is 4.91. The van der Waals surface area contributed by atoms with Crippen LogP contribution < -0.4 is 0 Å². The van der Waals surface area contributed by atoms with Crippen LogP contribution in [0.5, 0.6) is 0 Å². The maximum absolute atomic E-state index is 9.84. The second-order valence-electron chi connectivity index (χ2n) is 2.08. The molecule has 10 heavy (non-hydrogen) atoms. The molecule has 0 amide bonds. The van der Waals surface area contributed by atoms with E-state index in [0.717, 1.165) is 25.5 Å². The summed E-state index contributed by atoms with van der Waals surface area (Å²) in [5.41, 5.74) is 0. The van der Waals surface area contributed by atoms with Gasteiger partial charge in [0, 0.05) is 6.42 Å². The molecule has 1 nitrogen and oxygen atoms in total. The zero-order valence-electron chi connectivity index (χ0n) is 6.25. The van der Waals surface area contributed by atoms with Gasteiger partial charge in [-0.15, -0.1) is 6.58 Å². The van der Waals surface area contributed by atoms with Crippen LogP contribution in [0.15, 0.2) is 24.8 Å². The van der Waals surface area contributed by atoms with Gasteiger partial charge in [0.2, 0.25) is 0 Å². The predicted molar refractivity (Wildman–Crippen MR) is 43.9 cm³/mol. The van der Waals surface area contributed by atoms with E-state index < -0.39 is 0 Å². The maximum atomic E-state index is 9.84. The molecule has 0 aromatic rings. The van der Waals surface area contributed by atoms with Gasteiger partial charge >= 0.3 is 0 Å². The highest BCUT2D eigenvalue weighted by Crippen LogP contribution is 1.93. The zero-order valence-corrected chi connectivity index (χ0v) is 6.25. The van der Waals surface area contributed by atoms with Gasteiger partial charge < -0.3 is 4.79 Å². The molecule has 0 heterocycles. The topological polar surface area (TPSA) is 17.1 Å². The van der Waals surface area contributed by atoms with Crippen molar-refractivity contribution >= 4 is 6.29 Å². The molecule has 56 valence electrons. The number of carbonyl (C=O) groups is 1. The van der Waals surface area contributed by atoms with Gasteiger partial charge in [-0.25, -0.2) is 0 Å². The van der Waals surface area contributed by atoms with Crippen LogP contribution in [0.1, 0.15) is 25.7 Å². The Hall–Kier alpha value is -0.850. The number of rotatable bonds is 6. The highest BCUT2D eigenvalue weighted by molar-refractivity contribution is 5.49. The van der Waals surface area contributed by atoms with E-state index in [9.17, 15) is 4.79 Å². The van der Waals surface area contributed by atoms with E-state index in [1.165, 1.54) is 0 Å². The summed E-state index contributed by atoms with van der Waals surface area (Å²) in [5, 5.41) is 0. The number of allylic oxidation sites excluding steroid dienone is 3. The van der Waals surface area contributed by atoms with Crippen LogP contribution in [-0.4, -0.2) is 6.29 Å². The van der Waals surface area contributed by atoms with Crippen molar-refractivity contribution in [2.45, 2.75) is 25.7 Å². The smallest absolute Gasteiger partial charge is 0.120 e. The molecule has 0 aliphatic carbocycles. The highest BCUT2D eigenvalue weighted by atomic mass is 16.1. The minimum Gasteiger partial charge on any atom is -0.303 e. The van der Waals surface area contributed by atoms with Crippen LogP contribution in [0, 0.1) is 0 Å². The molecule has 0 spiro atoms. The van der Waals surface area contributed by atoms with Gasteiger partial charge in [-0.05, 0) is 19.3 Å². The van der Waals surface area contributed by atoms with Crippen molar-refractivity contribution in [1.29, 1.82) is 0 Å². The van der Waals surface area contributed by atoms with Crippen molar-refractivity contribution in [3.05, 3.63) is 24.8 Å². The van der Waals surface area contributed by atoms with E-state index in [1.54, 1.807) is 0 Å². The molecule has 0 atom stereocenters. The molecule has 1 heteroatoms. The maximum Gasteiger partial charge on any atom is 0.120 e. The first-order valence-electron chi connectivity index (χ1n) is 3.61. The fourth-order valence-electron chi connectivity index (χ4n) is 0.614. The molecule has 0 N–H and O–H groups in total. The molecule has 0 fully saturated rings. The molecule has 0 aromatic carbocycles. The van der Waals surface area contributed by atoms with Crippen LogP contribution in [0.2, 0.25) is 0 Å². The van der Waals surface area contributed by atoms with Gasteiger partial charge in [0.1, 0.15) is 6.29 Å². The van der Waals surface area contributed by atoms with Crippen molar-refractivity contribution in [3.63, 3.8) is 0 Å². The molecule has 0 aliphatic heterocycles. The van der Waals surface area contributed by atoms with E-state index in [1.807, 2.05) is 12.2 Å². The summed E-state index contributed by atoms with van der Waals surface area (Å²) >= 11 is 0. The predicted octanol–water partition coefficient (Wildman–Crippen LogP) is 2.49. The summed E-state index contributed by atoms with van der Waals surface area (Å²) < 4.78 is 0. The summed E-state index contributed by atoms with van der Waals surface area (Å²) in [4.78, 5) is 9.84. The minimum absolute atomic E-state index is 0.643. The summed E-state index contributed by atoms with van der Waals surface area (Å²) in [6.07, 6.45) is 10.6. The molecule has 0 aromatic heterocycles. The van der Waals surface area contributed by atoms with Crippen LogP contribution >= 0.6 is 0 Å². The zero-order chi connectivity index (χ0) is 7.66. The molecule has 0 aliphatic rings. The van der Waals surface area contributed by atoms with Gasteiger partial charge in [0.05, 0.1) is 0 Å². The SMILES string of the molecule is C=CCC/C=C\CCC=O. The van der Waals surface area contributed by atoms with E-state index >= 15 is 0 Å². The lowest BCUT2D eigenvalue weighted by Crippen LogP contribution is -1.70. The van der Waals surface area contributed by atoms with E-state index in [4.69, 9.17) is 0 Å². The Balaban J connectivity index is 3.03. The van der Waals surface area contributed by atoms with E-state index in [2.05, 4.69) is 12.7 Å². The molecule has 0 bridgehead atoms. The Kier molecular flexibility index (Phi) is 7.46. The number of unbranched alkanes of at least 4 members (excludes halogenated alkanes) is 2. The van der Waals surface area contributed by atoms with Crippen LogP contribution in [0.3, 0.4) is 0 Å². The Morgan fingerprint density at radius 3 is 2.10 bits per heavy atom. The average molecular weight is 138 g/mol. The Morgan fingerprint density at radius 2 is 1.60 bits per heavy atom.